The molecule has 154 valence electrons. The van der Waals surface area contributed by atoms with Gasteiger partial charge in [0.05, 0.1) is 12.5 Å². The lowest BCUT2D eigenvalue weighted by atomic mass is 9.79. The van der Waals surface area contributed by atoms with E-state index in [1.807, 2.05) is 24.3 Å². The fraction of sp³-hybridized carbons (Fsp3) is 0.391. The molecule has 5 nitrogen and oxygen atoms in total. The minimum absolute atomic E-state index is 0.315. The molecule has 1 aliphatic carbocycles. The average molecular weight is 399 g/mol. The van der Waals surface area contributed by atoms with Crippen LogP contribution < -0.4 is 10.1 Å². The van der Waals surface area contributed by atoms with E-state index in [0.717, 1.165) is 29.7 Å². The van der Waals surface area contributed by atoms with Crippen molar-refractivity contribution in [2.75, 3.05) is 20.3 Å². The van der Waals surface area contributed by atoms with Crippen LogP contribution in [0.3, 0.4) is 0 Å². The third kappa shape index (κ3) is 5.13. The number of carbonyl (C=O) groups excluding carboxylic acids is 2. The van der Waals surface area contributed by atoms with Crippen molar-refractivity contribution < 1.29 is 23.5 Å². The number of carbonyl (C=O) groups is 2. The van der Waals surface area contributed by atoms with Crippen LogP contribution >= 0.6 is 0 Å². The Kier molecular flexibility index (Phi) is 6.86. The van der Waals surface area contributed by atoms with E-state index in [2.05, 4.69) is 5.32 Å². The number of esters is 1. The number of halogens is 1. The van der Waals surface area contributed by atoms with Gasteiger partial charge in [0, 0.05) is 6.54 Å². The first-order valence-electron chi connectivity index (χ1n) is 9.86. The molecule has 0 spiro atoms. The number of methoxy groups -OCH3 is 1. The lowest BCUT2D eigenvalue weighted by Crippen LogP contribution is -2.38. The van der Waals surface area contributed by atoms with Crippen LogP contribution in [0.4, 0.5) is 4.39 Å². The van der Waals surface area contributed by atoms with E-state index in [1.54, 1.807) is 19.2 Å². The summed E-state index contributed by atoms with van der Waals surface area (Å²) in [6.45, 7) is 0.135. The van der Waals surface area contributed by atoms with E-state index in [1.165, 1.54) is 12.1 Å². The van der Waals surface area contributed by atoms with Crippen LogP contribution in [0.5, 0.6) is 5.75 Å². The quantitative estimate of drug-likeness (QED) is 0.690. The number of hydrogen-bond acceptors (Lipinski definition) is 4. The van der Waals surface area contributed by atoms with Crippen molar-refractivity contribution in [2.24, 2.45) is 0 Å². The third-order valence-corrected chi connectivity index (χ3v) is 5.47. The molecular weight excluding hydrogens is 373 g/mol. The van der Waals surface area contributed by atoms with E-state index >= 15 is 0 Å². The van der Waals surface area contributed by atoms with Gasteiger partial charge in [0.1, 0.15) is 11.6 Å². The zero-order chi connectivity index (χ0) is 20.7. The first-order valence-corrected chi connectivity index (χ1v) is 9.86. The van der Waals surface area contributed by atoms with Crippen molar-refractivity contribution in [3.8, 4) is 5.75 Å². The molecule has 6 heteroatoms. The second kappa shape index (κ2) is 9.54. The molecule has 1 fully saturated rings. The van der Waals surface area contributed by atoms with Gasteiger partial charge in [-0.1, -0.05) is 37.1 Å². The maximum Gasteiger partial charge on any atom is 0.317 e. The van der Waals surface area contributed by atoms with Gasteiger partial charge in [-0.15, -0.1) is 0 Å². The Hall–Kier alpha value is -2.89. The highest BCUT2D eigenvalue weighted by atomic mass is 19.1. The van der Waals surface area contributed by atoms with Gasteiger partial charge in [0.2, 0.25) is 0 Å². The van der Waals surface area contributed by atoms with Crippen LogP contribution in [0, 0.1) is 5.82 Å². The molecule has 0 unspecified atom stereocenters. The molecule has 2 aromatic carbocycles. The molecule has 1 saturated carbocycles. The number of amides is 1. The Balaban J connectivity index is 1.49. The van der Waals surface area contributed by atoms with E-state index in [4.69, 9.17) is 9.47 Å². The Labute approximate surface area is 170 Å². The number of hydrogen-bond donors (Lipinski definition) is 1. The van der Waals surface area contributed by atoms with Gasteiger partial charge in [-0.05, 0) is 54.7 Å². The summed E-state index contributed by atoms with van der Waals surface area (Å²) in [4.78, 5) is 24.9. The highest BCUT2D eigenvalue weighted by molar-refractivity contribution is 5.86. The summed E-state index contributed by atoms with van der Waals surface area (Å²) >= 11 is 0. The van der Waals surface area contributed by atoms with Gasteiger partial charge in [-0.25, -0.2) is 4.39 Å². The summed E-state index contributed by atoms with van der Waals surface area (Å²) in [6, 6.07) is 13.6. The SMILES string of the molecule is COc1ccc(CCNC(=O)COC(=O)C2(c3ccc(F)cc3)CCCC2)cc1. The van der Waals surface area contributed by atoms with Crippen LogP contribution in [0.1, 0.15) is 36.8 Å². The Morgan fingerprint density at radius 2 is 1.69 bits per heavy atom. The Morgan fingerprint density at radius 1 is 1.03 bits per heavy atom. The molecule has 0 bridgehead atoms. The number of nitrogens with one attached hydrogen (secondary N) is 1. The largest absolute Gasteiger partial charge is 0.497 e. The first kappa shape index (κ1) is 20.8. The second-order valence-electron chi connectivity index (χ2n) is 7.32. The molecule has 0 aromatic heterocycles. The average Bonchev–Trinajstić information content (AvgIpc) is 3.24. The van der Waals surface area contributed by atoms with Crippen LogP contribution in [-0.4, -0.2) is 32.1 Å². The van der Waals surface area contributed by atoms with Crippen LogP contribution in [0.15, 0.2) is 48.5 Å². The van der Waals surface area contributed by atoms with Crippen molar-refractivity contribution in [2.45, 2.75) is 37.5 Å². The molecule has 3 rings (SSSR count). The van der Waals surface area contributed by atoms with E-state index < -0.39 is 11.4 Å². The van der Waals surface area contributed by atoms with Gasteiger partial charge in [-0.2, -0.15) is 0 Å². The summed E-state index contributed by atoms with van der Waals surface area (Å²) < 4.78 is 23.7. The molecule has 0 heterocycles. The van der Waals surface area contributed by atoms with Crippen LogP contribution in [-0.2, 0) is 26.2 Å². The summed E-state index contributed by atoms with van der Waals surface area (Å²) in [6.07, 6.45) is 3.78. The fourth-order valence-electron chi connectivity index (χ4n) is 3.82. The molecule has 1 aliphatic rings. The van der Waals surface area contributed by atoms with Gasteiger partial charge >= 0.3 is 5.97 Å². The van der Waals surface area contributed by atoms with Crippen molar-refractivity contribution in [3.05, 3.63) is 65.5 Å². The maximum atomic E-state index is 13.3. The summed E-state index contributed by atoms with van der Waals surface area (Å²) in [5.74, 6) is -0.302. The summed E-state index contributed by atoms with van der Waals surface area (Å²) in [5, 5.41) is 2.77. The predicted octanol–water partition coefficient (Wildman–Crippen LogP) is 3.55. The smallest absolute Gasteiger partial charge is 0.317 e. The fourth-order valence-corrected chi connectivity index (χ4v) is 3.82. The molecule has 0 atom stereocenters. The van der Waals surface area contributed by atoms with E-state index in [-0.39, 0.29) is 18.3 Å². The number of benzene rings is 2. The van der Waals surface area contributed by atoms with E-state index in [0.29, 0.717) is 25.8 Å². The van der Waals surface area contributed by atoms with Crippen molar-refractivity contribution in [3.63, 3.8) is 0 Å². The Bertz CT molecular complexity index is 827. The highest BCUT2D eigenvalue weighted by Crippen LogP contribution is 2.42. The van der Waals surface area contributed by atoms with Gasteiger partial charge < -0.3 is 14.8 Å². The molecule has 0 aliphatic heterocycles. The monoisotopic (exact) mass is 399 g/mol. The van der Waals surface area contributed by atoms with Crippen LogP contribution in [0.2, 0.25) is 0 Å². The normalized spacial score (nSPS) is 15.0. The van der Waals surface area contributed by atoms with Crippen molar-refractivity contribution in [1.29, 1.82) is 0 Å². The lowest BCUT2D eigenvalue weighted by molar-refractivity contribution is -0.154. The first-order chi connectivity index (χ1) is 14.0. The second-order valence-corrected chi connectivity index (χ2v) is 7.32. The molecular formula is C23H26FNO4. The molecule has 0 saturated heterocycles. The van der Waals surface area contributed by atoms with Crippen LogP contribution in [0.25, 0.3) is 0 Å². The van der Waals surface area contributed by atoms with Gasteiger partial charge in [-0.3, -0.25) is 9.59 Å². The van der Waals surface area contributed by atoms with Crippen molar-refractivity contribution >= 4 is 11.9 Å². The topological polar surface area (TPSA) is 64.6 Å². The van der Waals surface area contributed by atoms with E-state index in [9.17, 15) is 14.0 Å². The Morgan fingerprint density at radius 3 is 2.31 bits per heavy atom. The van der Waals surface area contributed by atoms with Gasteiger partial charge in [0.15, 0.2) is 6.61 Å². The van der Waals surface area contributed by atoms with Gasteiger partial charge in [0.25, 0.3) is 5.91 Å². The standard InChI is InChI=1S/C23H26FNO4/c1-28-20-10-4-17(5-11-20)12-15-25-21(26)16-29-22(27)23(13-2-3-14-23)18-6-8-19(24)9-7-18/h4-11H,2-3,12-16H2,1H3,(H,25,26). The molecule has 2 aromatic rings. The minimum atomic E-state index is -0.781. The predicted molar refractivity (Wildman–Crippen MR) is 107 cm³/mol. The zero-order valence-corrected chi connectivity index (χ0v) is 16.6. The lowest BCUT2D eigenvalue weighted by Gasteiger charge is -2.27. The maximum absolute atomic E-state index is 13.3. The molecule has 0 radical (unpaired) electrons. The molecule has 1 N–H and O–H groups in total. The van der Waals surface area contributed by atoms with Crippen molar-refractivity contribution in [1.82, 2.24) is 5.32 Å². The number of ether oxygens (including phenoxy) is 2. The third-order valence-electron chi connectivity index (χ3n) is 5.47. The minimum Gasteiger partial charge on any atom is -0.497 e. The summed E-state index contributed by atoms with van der Waals surface area (Å²) in [7, 11) is 1.61. The molecule has 1 amide bonds. The summed E-state index contributed by atoms with van der Waals surface area (Å²) in [5.41, 5.74) is 1.04. The highest BCUT2D eigenvalue weighted by Gasteiger charge is 2.44. The number of rotatable bonds is 8. The zero-order valence-electron chi connectivity index (χ0n) is 16.6. The molecule has 29 heavy (non-hydrogen) atoms.